The van der Waals surface area contributed by atoms with E-state index < -0.39 is 10.8 Å². The van der Waals surface area contributed by atoms with Crippen molar-refractivity contribution in [1.82, 2.24) is 4.90 Å². The molecular weight excluding hydrogens is 364 g/mol. The Labute approximate surface area is 162 Å². The SMILES string of the molecule is CCN(CC(=O)Nc1cccc(OC)c1)C(=O)c1ccc(NC)c([N+](=O)[O-])c1. The summed E-state index contributed by atoms with van der Waals surface area (Å²) in [4.78, 5) is 37.0. The normalized spacial score (nSPS) is 10.1. The number of benzene rings is 2. The first-order valence-electron chi connectivity index (χ1n) is 8.59. The summed E-state index contributed by atoms with van der Waals surface area (Å²) in [5.74, 6) is -0.253. The Bertz CT molecular complexity index is 884. The Morgan fingerprint density at radius 2 is 1.96 bits per heavy atom. The molecule has 0 aromatic heterocycles. The fraction of sp³-hybridized carbons (Fsp3) is 0.263. The monoisotopic (exact) mass is 386 g/mol. The zero-order valence-corrected chi connectivity index (χ0v) is 15.9. The molecule has 0 aliphatic heterocycles. The molecule has 0 heterocycles. The van der Waals surface area contributed by atoms with Crippen LogP contribution in [0.1, 0.15) is 17.3 Å². The van der Waals surface area contributed by atoms with Gasteiger partial charge >= 0.3 is 0 Å². The van der Waals surface area contributed by atoms with Gasteiger partial charge in [0.25, 0.3) is 11.6 Å². The molecule has 0 aliphatic rings. The lowest BCUT2D eigenvalue weighted by Crippen LogP contribution is -2.37. The number of carbonyl (C=O) groups is 2. The number of methoxy groups -OCH3 is 1. The van der Waals surface area contributed by atoms with Crippen molar-refractivity contribution in [2.24, 2.45) is 0 Å². The molecule has 0 saturated heterocycles. The highest BCUT2D eigenvalue weighted by molar-refractivity contribution is 6.00. The molecule has 2 rings (SSSR count). The minimum Gasteiger partial charge on any atom is -0.497 e. The average Bonchev–Trinajstić information content (AvgIpc) is 2.71. The molecule has 2 aromatic rings. The van der Waals surface area contributed by atoms with Gasteiger partial charge in [-0.3, -0.25) is 19.7 Å². The van der Waals surface area contributed by atoms with E-state index in [4.69, 9.17) is 4.74 Å². The van der Waals surface area contributed by atoms with Crippen LogP contribution in [0.5, 0.6) is 5.75 Å². The van der Waals surface area contributed by atoms with Crippen molar-refractivity contribution in [3.63, 3.8) is 0 Å². The molecule has 0 bridgehead atoms. The third kappa shape index (κ3) is 4.97. The van der Waals surface area contributed by atoms with Gasteiger partial charge in [0.2, 0.25) is 5.91 Å². The number of hydrogen-bond acceptors (Lipinski definition) is 6. The summed E-state index contributed by atoms with van der Waals surface area (Å²) in [5.41, 5.74) is 0.786. The topological polar surface area (TPSA) is 114 Å². The molecule has 2 N–H and O–H groups in total. The summed E-state index contributed by atoms with van der Waals surface area (Å²) >= 11 is 0. The van der Waals surface area contributed by atoms with Crippen molar-refractivity contribution >= 4 is 28.9 Å². The van der Waals surface area contributed by atoms with E-state index in [0.717, 1.165) is 0 Å². The number of rotatable bonds is 8. The van der Waals surface area contributed by atoms with E-state index in [1.54, 1.807) is 38.2 Å². The van der Waals surface area contributed by atoms with Crippen LogP contribution in [0.25, 0.3) is 0 Å². The number of amides is 2. The molecule has 0 spiro atoms. The molecule has 0 unspecified atom stereocenters. The van der Waals surface area contributed by atoms with Crippen LogP contribution in [0.4, 0.5) is 17.1 Å². The largest absolute Gasteiger partial charge is 0.497 e. The van der Waals surface area contributed by atoms with Crippen LogP contribution < -0.4 is 15.4 Å². The van der Waals surface area contributed by atoms with E-state index in [9.17, 15) is 19.7 Å². The standard InChI is InChI=1S/C19H22N4O5/c1-4-22(12-18(24)21-14-6-5-7-15(11-14)28-3)19(25)13-8-9-16(20-2)17(10-13)23(26)27/h5-11,20H,4,12H2,1-3H3,(H,21,24). The van der Waals surface area contributed by atoms with E-state index >= 15 is 0 Å². The lowest BCUT2D eigenvalue weighted by atomic mass is 10.1. The van der Waals surface area contributed by atoms with Crippen molar-refractivity contribution in [3.05, 3.63) is 58.1 Å². The third-order valence-corrected chi connectivity index (χ3v) is 4.07. The van der Waals surface area contributed by atoms with Crippen LogP contribution in [0.15, 0.2) is 42.5 Å². The summed E-state index contributed by atoms with van der Waals surface area (Å²) in [6.45, 7) is 1.81. The van der Waals surface area contributed by atoms with Crippen molar-refractivity contribution in [1.29, 1.82) is 0 Å². The number of anilines is 2. The lowest BCUT2D eigenvalue weighted by Gasteiger charge is -2.20. The summed E-state index contributed by atoms with van der Waals surface area (Å²) < 4.78 is 5.11. The van der Waals surface area contributed by atoms with Gasteiger partial charge in [-0.1, -0.05) is 6.07 Å². The van der Waals surface area contributed by atoms with E-state index in [1.165, 1.54) is 30.2 Å². The third-order valence-electron chi connectivity index (χ3n) is 4.07. The number of hydrogen-bond donors (Lipinski definition) is 2. The van der Waals surface area contributed by atoms with Crippen LogP contribution in [0.3, 0.4) is 0 Å². The van der Waals surface area contributed by atoms with Gasteiger partial charge < -0.3 is 20.3 Å². The summed E-state index contributed by atoms with van der Waals surface area (Å²) in [7, 11) is 3.09. The molecule has 0 saturated carbocycles. The molecule has 28 heavy (non-hydrogen) atoms. The Morgan fingerprint density at radius 1 is 1.21 bits per heavy atom. The zero-order chi connectivity index (χ0) is 20.7. The molecule has 2 aromatic carbocycles. The maximum absolute atomic E-state index is 12.7. The fourth-order valence-electron chi connectivity index (χ4n) is 2.61. The van der Waals surface area contributed by atoms with Crippen molar-refractivity contribution in [2.75, 3.05) is 37.9 Å². The minimum atomic E-state index is -0.561. The van der Waals surface area contributed by atoms with E-state index in [0.29, 0.717) is 17.1 Å². The Kier molecular flexibility index (Phi) is 6.91. The first-order valence-corrected chi connectivity index (χ1v) is 8.59. The van der Waals surface area contributed by atoms with E-state index in [1.807, 2.05) is 0 Å². The van der Waals surface area contributed by atoms with Gasteiger partial charge in [0, 0.05) is 37.0 Å². The first-order chi connectivity index (χ1) is 13.4. The molecule has 0 radical (unpaired) electrons. The van der Waals surface area contributed by atoms with Gasteiger partial charge in [-0.25, -0.2) is 0 Å². The van der Waals surface area contributed by atoms with Crippen LogP contribution in [0, 0.1) is 10.1 Å². The van der Waals surface area contributed by atoms with Gasteiger partial charge in [-0.05, 0) is 31.2 Å². The number of carbonyl (C=O) groups excluding carboxylic acids is 2. The summed E-state index contributed by atoms with van der Waals surface area (Å²) in [5, 5.41) is 16.6. The van der Waals surface area contributed by atoms with Crippen molar-refractivity contribution < 1.29 is 19.2 Å². The van der Waals surface area contributed by atoms with Gasteiger partial charge in [-0.2, -0.15) is 0 Å². The van der Waals surface area contributed by atoms with Gasteiger partial charge in [0.15, 0.2) is 0 Å². The van der Waals surface area contributed by atoms with Crippen LogP contribution >= 0.6 is 0 Å². The second-order valence-electron chi connectivity index (χ2n) is 5.84. The molecule has 9 nitrogen and oxygen atoms in total. The van der Waals surface area contributed by atoms with Crippen LogP contribution in [-0.4, -0.2) is 48.9 Å². The Balaban J connectivity index is 2.13. The smallest absolute Gasteiger partial charge is 0.293 e. The number of nitrogens with one attached hydrogen (secondary N) is 2. The quantitative estimate of drug-likeness (QED) is 0.533. The molecular formula is C19H22N4O5. The summed E-state index contributed by atoms with van der Waals surface area (Å²) in [6.07, 6.45) is 0. The van der Waals surface area contributed by atoms with E-state index in [2.05, 4.69) is 10.6 Å². The van der Waals surface area contributed by atoms with Crippen molar-refractivity contribution in [2.45, 2.75) is 6.92 Å². The van der Waals surface area contributed by atoms with Crippen LogP contribution in [0.2, 0.25) is 0 Å². The number of nitrogens with zero attached hydrogens (tertiary/aromatic N) is 2. The number of nitro groups is 1. The number of nitro benzene ring substituents is 1. The molecule has 0 fully saturated rings. The predicted octanol–water partition coefficient (Wildman–Crippen LogP) is 2.75. The number of likely N-dealkylation sites (N-methyl/N-ethyl adjacent to an activating group) is 1. The van der Waals surface area contributed by atoms with Crippen LogP contribution in [-0.2, 0) is 4.79 Å². The zero-order valence-electron chi connectivity index (χ0n) is 15.9. The first kappa shape index (κ1) is 20.7. The number of ether oxygens (including phenoxy) is 1. The second kappa shape index (κ2) is 9.36. The minimum absolute atomic E-state index is 0.140. The summed E-state index contributed by atoms with van der Waals surface area (Å²) in [6, 6.07) is 11.0. The highest BCUT2D eigenvalue weighted by atomic mass is 16.6. The highest BCUT2D eigenvalue weighted by Gasteiger charge is 2.21. The van der Waals surface area contributed by atoms with Gasteiger partial charge in [0.1, 0.15) is 18.0 Å². The predicted molar refractivity (Wildman–Crippen MR) is 106 cm³/mol. The molecule has 2 amide bonds. The maximum Gasteiger partial charge on any atom is 0.293 e. The second-order valence-corrected chi connectivity index (χ2v) is 5.84. The Hall–Kier alpha value is -3.62. The van der Waals surface area contributed by atoms with Gasteiger partial charge in [-0.15, -0.1) is 0 Å². The lowest BCUT2D eigenvalue weighted by molar-refractivity contribution is -0.384. The Morgan fingerprint density at radius 3 is 2.57 bits per heavy atom. The molecule has 148 valence electrons. The molecule has 0 atom stereocenters. The van der Waals surface area contributed by atoms with E-state index in [-0.39, 0.29) is 30.2 Å². The maximum atomic E-state index is 12.7. The highest BCUT2D eigenvalue weighted by Crippen LogP contribution is 2.25. The molecule has 9 heteroatoms. The molecule has 0 aliphatic carbocycles. The fourth-order valence-corrected chi connectivity index (χ4v) is 2.61. The average molecular weight is 386 g/mol. The van der Waals surface area contributed by atoms with Gasteiger partial charge in [0.05, 0.1) is 12.0 Å². The van der Waals surface area contributed by atoms with Crippen molar-refractivity contribution in [3.8, 4) is 5.75 Å².